The van der Waals surface area contributed by atoms with Gasteiger partial charge in [0.15, 0.2) is 0 Å². The second kappa shape index (κ2) is 4.49. The Morgan fingerprint density at radius 2 is 2.19 bits per heavy atom. The van der Waals surface area contributed by atoms with Gasteiger partial charge < -0.3 is 5.73 Å². The van der Waals surface area contributed by atoms with Gasteiger partial charge in [-0.15, -0.1) is 0 Å². The molecule has 0 radical (unpaired) electrons. The van der Waals surface area contributed by atoms with Crippen molar-refractivity contribution in [2.75, 3.05) is 0 Å². The lowest BCUT2D eigenvalue weighted by atomic mass is 10.1. The summed E-state index contributed by atoms with van der Waals surface area (Å²) in [5, 5.41) is 2.44. The fourth-order valence-corrected chi connectivity index (χ4v) is 1.82. The van der Waals surface area contributed by atoms with E-state index in [1.54, 1.807) is 6.20 Å². The molecule has 1 amide bonds. The van der Waals surface area contributed by atoms with Gasteiger partial charge in [0, 0.05) is 18.0 Å². The summed E-state index contributed by atoms with van der Waals surface area (Å²) < 4.78 is 0. The molecule has 0 spiro atoms. The van der Waals surface area contributed by atoms with E-state index >= 15 is 0 Å². The maximum atomic E-state index is 10.7. The molecule has 1 heterocycles. The Kier molecular flexibility index (Phi) is 3.06. The number of rotatable bonds is 3. The summed E-state index contributed by atoms with van der Waals surface area (Å²) in [4.78, 5) is 14.7. The average molecular weight is 235 g/mol. The monoisotopic (exact) mass is 234 g/mol. The van der Waals surface area contributed by atoms with Crippen molar-refractivity contribution in [3.63, 3.8) is 0 Å². The summed E-state index contributed by atoms with van der Waals surface area (Å²) in [5.74, 6) is -0.294. The number of aromatic nitrogens is 1. The molecule has 2 N–H and O–H groups in total. The third-order valence-electron chi connectivity index (χ3n) is 2.44. The molecule has 1 aromatic heterocycles. The number of fused-ring (bicyclic) bond motifs is 1. The van der Waals surface area contributed by atoms with Gasteiger partial charge in [0.1, 0.15) is 5.15 Å². The molecule has 0 saturated heterocycles. The van der Waals surface area contributed by atoms with E-state index < -0.39 is 0 Å². The van der Waals surface area contributed by atoms with Gasteiger partial charge in [-0.25, -0.2) is 4.98 Å². The molecule has 0 aliphatic rings. The zero-order valence-electron chi connectivity index (χ0n) is 8.61. The molecule has 1 aromatic carbocycles. The van der Waals surface area contributed by atoms with Crippen molar-refractivity contribution in [3.05, 3.63) is 41.2 Å². The van der Waals surface area contributed by atoms with E-state index in [-0.39, 0.29) is 5.91 Å². The van der Waals surface area contributed by atoms with Crippen LogP contribution in [0.3, 0.4) is 0 Å². The fourth-order valence-electron chi connectivity index (χ4n) is 1.60. The number of nitrogens with zero attached hydrogens (tertiary/aromatic N) is 1. The topological polar surface area (TPSA) is 56.0 Å². The van der Waals surface area contributed by atoms with Gasteiger partial charge in [0.2, 0.25) is 5.91 Å². The molecule has 0 fully saturated rings. The number of aryl methyl sites for hydroxylation is 1. The molecule has 0 aliphatic heterocycles. The number of benzene rings is 1. The number of nitrogens with two attached hydrogens (primary N) is 1. The molecule has 2 aromatic rings. The first kappa shape index (κ1) is 10.9. The second-order valence-corrected chi connectivity index (χ2v) is 3.98. The lowest BCUT2D eigenvalue weighted by molar-refractivity contribution is -0.117. The number of halogens is 1. The van der Waals surface area contributed by atoms with Crippen LogP contribution in [0.1, 0.15) is 12.0 Å². The minimum atomic E-state index is -0.294. The van der Waals surface area contributed by atoms with E-state index in [9.17, 15) is 4.79 Å². The molecule has 0 atom stereocenters. The van der Waals surface area contributed by atoms with Gasteiger partial charge in [-0.2, -0.15) is 0 Å². The summed E-state index contributed by atoms with van der Waals surface area (Å²) in [6.07, 6.45) is 2.66. The van der Waals surface area contributed by atoms with Gasteiger partial charge in [-0.3, -0.25) is 4.79 Å². The van der Waals surface area contributed by atoms with Crippen molar-refractivity contribution >= 4 is 28.3 Å². The maximum Gasteiger partial charge on any atom is 0.217 e. The Hall–Kier alpha value is -1.61. The summed E-state index contributed by atoms with van der Waals surface area (Å²) in [6.45, 7) is 0. The lowest BCUT2D eigenvalue weighted by Crippen LogP contribution is -2.11. The van der Waals surface area contributed by atoms with Crippen LogP contribution in [0.25, 0.3) is 10.8 Å². The SMILES string of the molecule is NC(=O)CCc1ccc2ccnc(Cl)c2c1. The molecule has 82 valence electrons. The largest absolute Gasteiger partial charge is 0.370 e. The minimum absolute atomic E-state index is 0.294. The molecule has 3 nitrogen and oxygen atoms in total. The Bertz CT molecular complexity index is 540. The number of carbonyl (C=O) groups excluding carboxylic acids is 1. The van der Waals surface area contributed by atoms with Crippen LogP contribution in [0, 0.1) is 0 Å². The highest BCUT2D eigenvalue weighted by atomic mass is 35.5. The lowest BCUT2D eigenvalue weighted by Gasteiger charge is -2.03. The third kappa shape index (κ3) is 2.31. The molecule has 0 saturated carbocycles. The molecular formula is C12H11ClN2O. The van der Waals surface area contributed by atoms with Gasteiger partial charge in [-0.1, -0.05) is 23.7 Å². The highest BCUT2D eigenvalue weighted by molar-refractivity contribution is 6.34. The van der Waals surface area contributed by atoms with E-state index in [2.05, 4.69) is 4.98 Å². The highest BCUT2D eigenvalue weighted by Crippen LogP contribution is 2.22. The number of pyridine rings is 1. The molecule has 16 heavy (non-hydrogen) atoms. The van der Waals surface area contributed by atoms with Crippen LogP contribution in [0.5, 0.6) is 0 Å². The van der Waals surface area contributed by atoms with Gasteiger partial charge in [0.05, 0.1) is 0 Å². The second-order valence-electron chi connectivity index (χ2n) is 3.62. The first-order valence-corrected chi connectivity index (χ1v) is 5.36. The summed E-state index contributed by atoms with van der Waals surface area (Å²) in [6, 6.07) is 7.80. The number of amides is 1. The third-order valence-corrected chi connectivity index (χ3v) is 2.74. The van der Waals surface area contributed by atoms with Crippen molar-refractivity contribution < 1.29 is 4.79 Å². The standard InChI is InChI=1S/C12H11ClN2O/c13-12-10-7-8(2-4-11(14)16)1-3-9(10)5-6-15-12/h1,3,5-7H,2,4H2,(H2,14,16). The predicted octanol–water partition coefficient (Wildman–Crippen LogP) is 2.31. The van der Waals surface area contributed by atoms with E-state index in [1.165, 1.54) is 0 Å². The van der Waals surface area contributed by atoms with Crippen LogP contribution < -0.4 is 5.73 Å². The molecule has 0 unspecified atom stereocenters. The number of carbonyl (C=O) groups is 1. The fraction of sp³-hybridized carbons (Fsp3) is 0.167. The minimum Gasteiger partial charge on any atom is -0.370 e. The van der Waals surface area contributed by atoms with Crippen molar-refractivity contribution in [1.82, 2.24) is 4.98 Å². The molecular weight excluding hydrogens is 224 g/mol. The summed E-state index contributed by atoms with van der Waals surface area (Å²) in [7, 11) is 0. The molecule has 4 heteroatoms. The van der Waals surface area contributed by atoms with Crippen molar-refractivity contribution in [3.8, 4) is 0 Å². The van der Waals surface area contributed by atoms with Gasteiger partial charge in [-0.05, 0) is 29.5 Å². The van der Waals surface area contributed by atoms with Crippen molar-refractivity contribution in [2.24, 2.45) is 5.73 Å². The number of primary amides is 1. The van der Waals surface area contributed by atoms with E-state index in [0.29, 0.717) is 18.0 Å². The van der Waals surface area contributed by atoms with Crippen LogP contribution in [-0.4, -0.2) is 10.9 Å². The Labute approximate surface area is 98.2 Å². The van der Waals surface area contributed by atoms with E-state index in [4.69, 9.17) is 17.3 Å². The van der Waals surface area contributed by atoms with Crippen LogP contribution in [-0.2, 0) is 11.2 Å². The molecule has 0 bridgehead atoms. The predicted molar refractivity (Wildman–Crippen MR) is 64.3 cm³/mol. The number of hydrogen-bond donors (Lipinski definition) is 1. The average Bonchev–Trinajstić information content (AvgIpc) is 2.27. The maximum absolute atomic E-state index is 10.7. The first-order chi connectivity index (χ1) is 7.66. The zero-order chi connectivity index (χ0) is 11.5. The molecule has 2 rings (SSSR count). The number of hydrogen-bond acceptors (Lipinski definition) is 2. The Morgan fingerprint density at radius 1 is 1.38 bits per heavy atom. The van der Waals surface area contributed by atoms with Crippen molar-refractivity contribution in [2.45, 2.75) is 12.8 Å². The first-order valence-electron chi connectivity index (χ1n) is 4.98. The van der Waals surface area contributed by atoms with E-state index in [1.807, 2.05) is 24.3 Å². The van der Waals surface area contributed by atoms with Crippen LogP contribution >= 0.6 is 11.6 Å². The van der Waals surface area contributed by atoms with Gasteiger partial charge in [0.25, 0.3) is 0 Å². The Morgan fingerprint density at radius 3 is 2.94 bits per heavy atom. The Balaban J connectivity index is 2.35. The normalized spacial score (nSPS) is 10.6. The zero-order valence-corrected chi connectivity index (χ0v) is 9.37. The van der Waals surface area contributed by atoms with Crippen LogP contribution in [0.2, 0.25) is 5.15 Å². The highest BCUT2D eigenvalue weighted by Gasteiger charge is 2.02. The van der Waals surface area contributed by atoms with Crippen LogP contribution in [0.15, 0.2) is 30.5 Å². The van der Waals surface area contributed by atoms with Gasteiger partial charge >= 0.3 is 0 Å². The van der Waals surface area contributed by atoms with Crippen LogP contribution in [0.4, 0.5) is 0 Å². The van der Waals surface area contributed by atoms with E-state index in [0.717, 1.165) is 16.3 Å². The van der Waals surface area contributed by atoms with Crippen molar-refractivity contribution in [1.29, 1.82) is 0 Å². The molecule has 0 aliphatic carbocycles. The quantitative estimate of drug-likeness (QED) is 0.829. The summed E-state index contributed by atoms with van der Waals surface area (Å²) >= 11 is 5.99. The summed E-state index contributed by atoms with van der Waals surface area (Å²) in [5.41, 5.74) is 6.15. The smallest absolute Gasteiger partial charge is 0.217 e.